The van der Waals surface area contributed by atoms with Gasteiger partial charge in [-0.15, -0.1) is 0 Å². The molecule has 1 aromatic carbocycles. The van der Waals surface area contributed by atoms with Crippen molar-refractivity contribution in [3.63, 3.8) is 0 Å². The first-order valence-corrected chi connectivity index (χ1v) is 6.68. The van der Waals surface area contributed by atoms with E-state index in [1.165, 1.54) is 11.1 Å². The molecule has 1 heterocycles. The van der Waals surface area contributed by atoms with Crippen LogP contribution in [0, 0.1) is 5.92 Å². The Morgan fingerprint density at radius 2 is 2.11 bits per heavy atom. The zero-order chi connectivity index (χ0) is 12.8. The van der Waals surface area contributed by atoms with E-state index < -0.39 is 0 Å². The third-order valence-corrected chi connectivity index (χ3v) is 3.61. The molecule has 2 atom stereocenters. The third kappa shape index (κ3) is 3.55. The van der Waals surface area contributed by atoms with Crippen molar-refractivity contribution in [2.75, 3.05) is 20.3 Å². The van der Waals surface area contributed by atoms with Gasteiger partial charge in [-0.25, -0.2) is 0 Å². The Balaban J connectivity index is 1.92. The summed E-state index contributed by atoms with van der Waals surface area (Å²) in [7, 11) is 1.74. The predicted molar refractivity (Wildman–Crippen MR) is 72.4 cm³/mol. The average molecular weight is 249 g/mol. The van der Waals surface area contributed by atoms with Gasteiger partial charge in [0.1, 0.15) is 0 Å². The van der Waals surface area contributed by atoms with Crippen LogP contribution in [0.5, 0.6) is 0 Å². The molecule has 0 spiro atoms. The topological polar surface area (TPSA) is 30.5 Å². The highest BCUT2D eigenvalue weighted by Crippen LogP contribution is 2.16. The molecule has 1 aromatic rings. The first kappa shape index (κ1) is 13.5. The van der Waals surface area contributed by atoms with Gasteiger partial charge in [-0.1, -0.05) is 31.2 Å². The standard InChI is InChI=1S/C15H23NO2/c1-12-10-18-8-7-15(12)16-9-13-5-3-4-6-14(13)11-17-2/h3-6,12,15-16H,7-11H2,1-2H3. The third-order valence-electron chi connectivity index (χ3n) is 3.61. The lowest BCUT2D eigenvalue weighted by atomic mass is 9.97. The molecule has 1 N–H and O–H groups in total. The van der Waals surface area contributed by atoms with Crippen molar-refractivity contribution in [2.24, 2.45) is 5.92 Å². The zero-order valence-electron chi connectivity index (χ0n) is 11.3. The summed E-state index contributed by atoms with van der Waals surface area (Å²) in [5.41, 5.74) is 2.60. The Labute approximate surface area is 109 Å². The summed E-state index contributed by atoms with van der Waals surface area (Å²) in [4.78, 5) is 0. The lowest BCUT2D eigenvalue weighted by Crippen LogP contribution is -2.41. The van der Waals surface area contributed by atoms with Gasteiger partial charge in [0.2, 0.25) is 0 Å². The molecule has 0 radical (unpaired) electrons. The van der Waals surface area contributed by atoms with Crippen molar-refractivity contribution < 1.29 is 9.47 Å². The molecule has 0 aromatic heterocycles. The number of rotatable bonds is 5. The van der Waals surface area contributed by atoms with Gasteiger partial charge in [-0.3, -0.25) is 0 Å². The number of hydrogen-bond acceptors (Lipinski definition) is 3. The van der Waals surface area contributed by atoms with Crippen molar-refractivity contribution >= 4 is 0 Å². The molecular weight excluding hydrogens is 226 g/mol. The molecule has 18 heavy (non-hydrogen) atoms. The van der Waals surface area contributed by atoms with Crippen LogP contribution in [0.15, 0.2) is 24.3 Å². The van der Waals surface area contributed by atoms with E-state index in [0.29, 0.717) is 18.6 Å². The maximum atomic E-state index is 5.47. The minimum Gasteiger partial charge on any atom is -0.381 e. The maximum Gasteiger partial charge on any atom is 0.0716 e. The SMILES string of the molecule is COCc1ccccc1CNC1CCOCC1C. The van der Waals surface area contributed by atoms with E-state index in [2.05, 4.69) is 36.5 Å². The molecule has 1 aliphatic heterocycles. The maximum absolute atomic E-state index is 5.47. The van der Waals surface area contributed by atoms with E-state index in [1.807, 2.05) is 0 Å². The van der Waals surface area contributed by atoms with Gasteiger partial charge in [0, 0.05) is 26.3 Å². The highest BCUT2D eigenvalue weighted by Gasteiger charge is 2.21. The van der Waals surface area contributed by atoms with Crippen molar-refractivity contribution in [3.05, 3.63) is 35.4 Å². The fraction of sp³-hybridized carbons (Fsp3) is 0.600. The molecule has 2 unspecified atom stereocenters. The average Bonchev–Trinajstić information content (AvgIpc) is 2.40. The van der Waals surface area contributed by atoms with Crippen LogP contribution in [0.25, 0.3) is 0 Å². The summed E-state index contributed by atoms with van der Waals surface area (Å²) in [5, 5.41) is 3.65. The molecule has 3 heteroatoms. The van der Waals surface area contributed by atoms with Crippen LogP contribution in [0.4, 0.5) is 0 Å². The first-order chi connectivity index (χ1) is 8.81. The molecule has 1 fully saturated rings. The minimum atomic E-state index is 0.564. The number of benzene rings is 1. The van der Waals surface area contributed by atoms with E-state index in [1.54, 1.807) is 7.11 Å². The fourth-order valence-electron chi connectivity index (χ4n) is 2.45. The lowest BCUT2D eigenvalue weighted by Gasteiger charge is -2.30. The highest BCUT2D eigenvalue weighted by atomic mass is 16.5. The molecule has 2 rings (SSSR count). The van der Waals surface area contributed by atoms with Crippen LogP contribution >= 0.6 is 0 Å². The van der Waals surface area contributed by atoms with Gasteiger partial charge in [0.15, 0.2) is 0 Å². The number of methoxy groups -OCH3 is 1. The van der Waals surface area contributed by atoms with Gasteiger partial charge in [0.25, 0.3) is 0 Å². The van der Waals surface area contributed by atoms with E-state index in [0.717, 1.165) is 26.2 Å². The second kappa shape index (κ2) is 6.88. The van der Waals surface area contributed by atoms with Gasteiger partial charge in [-0.2, -0.15) is 0 Å². The van der Waals surface area contributed by atoms with Crippen molar-refractivity contribution in [3.8, 4) is 0 Å². The van der Waals surface area contributed by atoms with Crippen LogP contribution in [-0.4, -0.2) is 26.4 Å². The Hall–Kier alpha value is -0.900. The van der Waals surface area contributed by atoms with Crippen LogP contribution in [0.1, 0.15) is 24.5 Å². The molecule has 1 saturated heterocycles. The summed E-state index contributed by atoms with van der Waals surface area (Å²) in [5.74, 6) is 0.591. The Kier molecular flexibility index (Phi) is 5.17. The smallest absolute Gasteiger partial charge is 0.0716 e. The van der Waals surface area contributed by atoms with Crippen LogP contribution in [0.2, 0.25) is 0 Å². The molecule has 0 aliphatic carbocycles. The molecule has 3 nitrogen and oxygen atoms in total. The molecule has 1 aliphatic rings. The van der Waals surface area contributed by atoms with Gasteiger partial charge < -0.3 is 14.8 Å². The second-order valence-electron chi connectivity index (χ2n) is 5.03. The first-order valence-electron chi connectivity index (χ1n) is 6.68. The summed E-state index contributed by atoms with van der Waals surface area (Å²) in [6.45, 7) is 5.59. The number of nitrogens with one attached hydrogen (secondary N) is 1. The Morgan fingerprint density at radius 3 is 2.83 bits per heavy atom. The minimum absolute atomic E-state index is 0.564. The van der Waals surface area contributed by atoms with Crippen LogP contribution in [-0.2, 0) is 22.6 Å². The Morgan fingerprint density at radius 1 is 1.33 bits per heavy atom. The quantitative estimate of drug-likeness (QED) is 0.869. The fourth-order valence-corrected chi connectivity index (χ4v) is 2.45. The lowest BCUT2D eigenvalue weighted by molar-refractivity contribution is 0.0386. The van der Waals surface area contributed by atoms with E-state index >= 15 is 0 Å². The highest BCUT2D eigenvalue weighted by molar-refractivity contribution is 5.26. The summed E-state index contributed by atoms with van der Waals surface area (Å²) in [6.07, 6.45) is 1.10. The summed E-state index contributed by atoms with van der Waals surface area (Å²) < 4.78 is 10.7. The molecular formula is C15H23NO2. The molecule has 0 amide bonds. The second-order valence-corrected chi connectivity index (χ2v) is 5.03. The van der Waals surface area contributed by atoms with E-state index in [-0.39, 0.29) is 0 Å². The largest absolute Gasteiger partial charge is 0.381 e. The predicted octanol–water partition coefficient (Wildman–Crippen LogP) is 2.35. The summed E-state index contributed by atoms with van der Waals surface area (Å²) in [6, 6.07) is 9.02. The molecule has 0 saturated carbocycles. The zero-order valence-corrected chi connectivity index (χ0v) is 11.3. The van der Waals surface area contributed by atoms with Crippen molar-refractivity contribution in [1.82, 2.24) is 5.32 Å². The van der Waals surface area contributed by atoms with Crippen LogP contribution < -0.4 is 5.32 Å². The van der Waals surface area contributed by atoms with Gasteiger partial charge in [0.05, 0.1) is 13.2 Å². The number of hydrogen-bond donors (Lipinski definition) is 1. The molecule has 0 bridgehead atoms. The summed E-state index contributed by atoms with van der Waals surface area (Å²) >= 11 is 0. The van der Waals surface area contributed by atoms with Gasteiger partial charge >= 0.3 is 0 Å². The van der Waals surface area contributed by atoms with Gasteiger partial charge in [-0.05, 0) is 23.5 Å². The number of ether oxygens (including phenoxy) is 2. The monoisotopic (exact) mass is 249 g/mol. The van der Waals surface area contributed by atoms with E-state index in [4.69, 9.17) is 9.47 Å². The van der Waals surface area contributed by atoms with Crippen molar-refractivity contribution in [1.29, 1.82) is 0 Å². The van der Waals surface area contributed by atoms with Crippen LogP contribution in [0.3, 0.4) is 0 Å². The van der Waals surface area contributed by atoms with E-state index in [9.17, 15) is 0 Å². The normalized spacial score (nSPS) is 24.1. The van der Waals surface area contributed by atoms with Crippen molar-refractivity contribution in [2.45, 2.75) is 32.5 Å². The molecule has 100 valence electrons. The Bertz CT molecular complexity index is 367.